The molecule has 0 aliphatic carbocycles. The first-order valence-electron chi connectivity index (χ1n) is 6.15. The molecule has 0 aliphatic rings. The number of ether oxygens (including phenoxy) is 1. The SMILES string of the molecule is COc1ccc(C)cc1C(C)(N)c1cccc(F)c1. The second-order valence-electron chi connectivity index (χ2n) is 4.92. The van der Waals surface area contributed by atoms with E-state index in [0.29, 0.717) is 5.75 Å². The van der Waals surface area contributed by atoms with Gasteiger partial charge in [0.25, 0.3) is 0 Å². The molecule has 0 heterocycles. The third-order valence-electron chi connectivity index (χ3n) is 3.34. The molecule has 0 bridgehead atoms. The molecule has 2 nitrogen and oxygen atoms in total. The van der Waals surface area contributed by atoms with Crippen molar-refractivity contribution in [2.45, 2.75) is 19.4 Å². The fourth-order valence-electron chi connectivity index (χ4n) is 2.19. The van der Waals surface area contributed by atoms with Crippen molar-refractivity contribution in [3.8, 4) is 5.75 Å². The maximum atomic E-state index is 13.4. The Bertz CT molecular complexity index is 593. The molecule has 2 aromatic carbocycles. The lowest BCUT2D eigenvalue weighted by Gasteiger charge is -2.28. The lowest BCUT2D eigenvalue weighted by atomic mass is 9.84. The molecule has 2 N–H and O–H groups in total. The van der Waals surface area contributed by atoms with E-state index in [-0.39, 0.29) is 5.82 Å². The summed E-state index contributed by atoms with van der Waals surface area (Å²) in [6, 6.07) is 12.2. The van der Waals surface area contributed by atoms with Crippen molar-refractivity contribution >= 4 is 0 Å². The Morgan fingerprint density at radius 1 is 1.16 bits per heavy atom. The van der Waals surface area contributed by atoms with Gasteiger partial charge in [0.05, 0.1) is 12.6 Å². The fourth-order valence-corrected chi connectivity index (χ4v) is 2.19. The molecule has 1 atom stereocenters. The minimum absolute atomic E-state index is 0.291. The molecule has 0 saturated carbocycles. The number of aryl methyl sites for hydroxylation is 1. The predicted octanol–water partition coefficient (Wildman–Crippen LogP) is 3.36. The van der Waals surface area contributed by atoms with Crippen LogP contribution < -0.4 is 10.5 Å². The van der Waals surface area contributed by atoms with Crippen molar-refractivity contribution in [2.24, 2.45) is 5.73 Å². The number of rotatable bonds is 3. The zero-order valence-electron chi connectivity index (χ0n) is 11.4. The van der Waals surface area contributed by atoms with Crippen LogP contribution in [0.5, 0.6) is 5.75 Å². The van der Waals surface area contributed by atoms with E-state index >= 15 is 0 Å². The highest BCUT2D eigenvalue weighted by molar-refractivity contribution is 5.47. The van der Waals surface area contributed by atoms with Crippen LogP contribution in [0.1, 0.15) is 23.6 Å². The molecule has 0 spiro atoms. The van der Waals surface area contributed by atoms with Crippen molar-refractivity contribution in [1.82, 2.24) is 0 Å². The first-order valence-corrected chi connectivity index (χ1v) is 6.15. The van der Waals surface area contributed by atoms with Gasteiger partial charge in [0.1, 0.15) is 11.6 Å². The number of nitrogens with two attached hydrogens (primary N) is 1. The molecule has 2 aromatic rings. The van der Waals surface area contributed by atoms with Gasteiger partial charge in [0.2, 0.25) is 0 Å². The number of hydrogen-bond donors (Lipinski definition) is 1. The summed E-state index contributed by atoms with van der Waals surface area (Å²) in [7, 11) is 1.61. The quantitative estimate of drug-likeness (QED) is 0.917. The third kappa shape index (κ3) is 2.61. The van der Waals surface area contributed by atoms with Gasteiger partial charge in [0, 0.05) is 5.56 Å². The first kappa shape index (κ1) is 13.6. The van der Waals surface area contributed by atoms with Gasteiger partial charge in [-0.1, -0.05) is 29.8 Å². The van der Waals surface area contributed by atoms with Crippen LogP contribution in [0.25, 0.3) is 0 Å². The van der Waals surface area contributed by atoms with E-state index in [4.69, 9.17) is 10.5 Å². The molecule has 0 radical (unpaired) electrons. The van der Waals surface area contributed by atoms with Crippen LogP contribution in [0.4, 0.5) is 4.39 Å². The molecular formula is C16H18FNO. The van der Waals surface area contributed by atoms with Gasteiger partial charge in [0.15, 0.2) is 0 Å². The summed E-state index contributed by atoms with van der Waals surface area (Å²) in [5.41, 5.74) is 8.27. The second-order valence-corrected chi connectivity index (χ2v) is 4.92. The van der Waals surface area contributed by atoms with Crippen molar-refractivity contribution in [3.63, 3.8) is 0 Å². The van der Waals surface area contributed by atoms with E-state index < -0.39 is 5.54 Å². The highest BCUT2D eigenvalue weighted by Gasteiger charge is 2.27. The normalized spacial score (nSPS) is 13.9. The van der Waals surface area contributed by atoms with Crippen molar-refractivity contribution < 1.29 is 9.13 Å². The number of halogens is 1. The first-order chi connectivity index (χ1) is 8.95. The van der Waals surface area contributed by atoms with E-state index in [9.17, 15) is 4.39 Å². The molecule has 0 aliphatic heterocycles. The van der Waals surface area contributed by atoms with Crippen LogP contribution in [-0.2, 0) is 5.54 Å². The Morgan fingerprint density at radius 3 is 2.53 bits per heavy atom. The van der Waals surface area contributed by atoms with Crippen LogP contribution in [0.3, 0.4) is 0 Å². The van der Waals surface area contributed by atoms with Crippen LogP contribution in [0.2, 0.25) is 0 Å². The summed E-state index contributed by atoms with van der Waals surface area (Å²) < 4.78 is 18.8. The predicted molar refractivity (Wildman–Crippen MR) is 74.8 cm³/mol. The zero-order chi connectivity index (χ0) is 14.0. The molecule has 0 aromatic heterocycles. The summed E-state index contributed by atoms with van der Waals surface area (Å²) in [6.07, 6.45) is 0. The molecule has 2 rings (SSSR count). The smallest absolute Gasteiger partial charge is 0.124 e. The average molecular weight is 259 g/mol. The summed E-state index contributed by atoms with van der Waals surface area (Å²) in [5.74, 6) is 0.417. The van der Waals surface area contributed by atoms with Crippen LogP contribution in [0, 0.1) is 12.7 Å². The highest BCUT2D eigenvalue weighted by Crippen LogP contribution is 2.34. The van der Waals surface area contributed by atoms with Gasteiger partial charge in [-0.05, 0) is 37.6 Å². The molecule has 19 heavy (non-hydrogen) atoms. The van der Waals surface area contributed by atoms with Gasteiger partial charge in [-0.3, -0.25) is 0 Å². The Kier molecular flexibility index (Phi) is 3.58. The summed E-state index contributed by atoms with van der Waals surface area (Å²) in [5, 5.41) is 0. The number of methoxy groups -OCH3 is 1. The maximum absolute atomic E-state index is 13.4. The highest BCUT2D eigenvalue weighted by atomic mass is 19.1. The Morgan fingerprint density at radius 2 is 1.89 bits per heavy atom. The van der Waals surface area contributed by atoms with E-state index in [1.54, 1.807) is 13.2 Å². The van der Waals surface area contributed by atoms with Gasteiger partial charge in [-0.2, -0.15) is 0 Å². The Hall–Kier alpha value is -1.87. The average Bonchev–Trinajstić information content (AvgIpc) is 2.38. The van der Waals surface area contributed by atoms with Crippen LogP contribution >= 0.6 is 0 Å². The zero-order valence-corrected chi connectivity index (χ0v) is 11.4. The lowest BCUT2D eigenvalue weighted by Crippen LogP contribution is -2.35. The fraction of sp³-hybridized carbons (Fsp3) is 0.250. The molecule has 1 unspecified atom stereocenters. The second kappa shape index (κ2) is 5.02. The Labute approximate surface area is 113 Å². The van der Waals surface area contributed by atoms with E-state index in [0.717, 1.165) is 16.7 Å². The van der Waals surface area contributed by atoms with Crippen LogP contribution in [0.15, 0.2) is 42.5 Å². The molecule has 0 fully saturated rings. The summed E-state index contributed by atoms with van der Waals surface area (Å²) >= 11 is 0. The number of hydrogen-bond acceptors (Lipinski definition) is 2. The summed E-state index contributed by atoms with van der Waals surface area (Å²) in [4.78, 5) is 0. The van der Waals surface area contributed by atoms with Gasteiger partial charge < -0.3 is 10.5 Å². The largest absolute Gasteiger partial charge is 0.496 e. The maximum Gasteiger partial charge on any atom is 0.124 e. The molecule has 0 saturated heterocycles. The van der Waals surface area contributed by atoms with Crippen LogP contribution in [-0.4, -0.2) is 7.11 Å². The third-order valence-corrected chi connectivity index (χ3v) is 3.34. The molecule has 100 valence electrons. The molecule has 0 amide bonds. The standard InChI is InChI=1S/C16H18FNO/c1-11-7-8-15(19-3)14(9-11)16(2,18)12-5-4-6-13(17)10-12/h4-10H,18H2,1-3H3. The van der Waals surface area contributed by atoms with Gasteiger partial charge in [-0.15, -0.1) is 0 Å². The van der Waals surface area contributed by atoms with Gasteiger partial charge in [-0.25, -0.2) is 4.39 Å². The topological polar surface area (TPSA) is 35.2 Å². The van der Waals surface area contributed by atoms with Crippen molar-refractivity contribution in [1.29, 1.82) is 0 Å². The lowest BCUT2D eigenvalue weighted by molar-refractivity contribution is 0.398. The monoisotopic (exact) mass is 259 g/mol. The number of benzene rings is 2. The summed E-state index contributed by atoms with van der Waals surface area (Å²) in [6.45, 7) is 3.85. The Balaban J connectivity index is 2.58. The molecular weight excluding hydrogens is 241 g/mol. The minimum atomic E-state index is -0.806. The van der Waals surface area contributed by atoms with E-state index in [1.807, 2.05) is 38.1 Å². The van der Waals surface area contributed by atoms with E-state index in [1.165, 1.54) is 12.1 Å². The van der Waals surface area contributed by atoms with Crippen molar-refractivity contribution in [3.05, 3.63) is 65.0 Å². The van der Waals surface area contributed by atoms with Gasteiger partial charge >= 0.3 is 0 Å². The minimum Gasteiger partial charge on any atom is -0.496 e. The van der Waals surface area contributed by atoms with Crippen molar-refractivity contribution in [2.75, 3.05) is 7.11 Å². The van der Waals surface area contributed by atoms with E-state index in [2.05, 4.69) is 0 Å². The molecule has 3 heteroatoms.